The first kappa shape index (κ1) is 24.4. The van der Waals surface area contributed by atoms with Crippen LogP contribution in [0.3, 0.4) is 0 Å². The van der Waals surface area contributed by atoms with Gasteiger partial charge in [-0.1, -0.05) is 0 Å². The van der Waals surface area contributed by atoms with E-state index in [1.54, 1.807) is 20.8 Å². The number of carboxylic acid groups (broad SMARTS) is 2. The van der Waals surface area contributed by atoms with Crippen molar-refractivity contribution < 1.29 is 48.0 Å². The summed E-state index contributed by atoms with van der Waals surface area (Å²) in [6, 6.07) is 0. The van der Waals surface area contributed by atoms with E-state index in [4.69, 9.17) is 35.8 Å². The second kappa shape index (κ2) is 9.35. The summed E-state index contributed by atoms with van der Waals surface area (Å²) in [5.41, 5.74) is -0.574. The Kier molecular flexibility index (Phi) is 8.76. The van der Waals surface area contributed by atoms with Crippen molar-refractivity contribution in [2.75, 3.05) is 13.1 Å². The summed E-state index contributed by atoms with van der Waals surface area (Å²) < 4.78 is 27.3. The van der Waals surface area contributed by atoms with E-state index in [1.807, 2.05) is 0 Å². The van der Waals surface area contributed by atoms with Gasteiger partial charge in [-0.25, -0.2) is 22.8 Å². The summed E-state index contributed by atoms with van der Waals surface area (Å²) in [5, 5.41) is 31.8. The number of aliphatic hydroxyl groups excluding tert-OH is 2. The van der Waals surface area contributed by atoms with E-state index in [2.05, 4.69) is 0 Å². The van der Waals surface area contributed by atoms with Gasteiger partial charge in [0.05, 0.1) is 5.25 Å². The van der Waals surface area contributed by atoms with E-state index < -0.39 is 50.1 Å². The van der Waals surface area contributed by atoms with Crippen molar-refractivity contribution in [1.29, 1.82) is 0 Å². The van der Waals surface area contributed by atoms with Crippen molar-refractivity contribution in [3.8, 4) is 0 Å². The molecular formula is C13H22ClNO10S. The number of amides is 1. The molecule has 0 spiro atoms. The smallest absolute Gasteiger partial charge is 0.410 e. The minimum Gasteiger partial charge on any atom is -0.479 e. The molecule has 0 saturated carbocycles. The summed E-state index contributed by atoms with van der Waals surface area (Å²) in [6.07, 6.45) is -4.66. The number of rotatable bonds is 4. The molecule has 26 heavy (non-hydrogen) atoms. The third-order valence-corrected chi connectivity index (χ3v) is 4.94. The Morgan fingerprint density at radius 1 is 1.12 bits per heavy atom. The number of carbonyl (C=O) groups is 3. The van der Waals surface area contributed by atoms with Gasteiger partial charge in [-0.3, -0.25) is 0 Å². The number of hydrogen-bond donors (Lipinski definition) is 4. The maximum Gasteiger partial charge on any atom is 0.410 e. The van der Waals surface area contributed by atoms with Crippen molar-refractivity contribution in [3.05, 3.63) is 0 Å². The minimum absolute atomic E-state index is 0.112. The van der Waals surface area contributed by atoms with Crippen molar-refractivity contribution >= 4 is 37.8 Å². The Labute approximate surface area is 154 Å². The van der Waals surface area contributed by atoms with Gasteiger partial charge in [-0.2, -0.15) is 0 Å². The number of carbonyl (C=O) groups excluding carboxylic acids is 1. The van der Waals surface area contributed by atoms with E-state index in [1.165, 1.54) is 4.90 Å². The fourth-order valence-electron chi connectivity index (χ4n) is 1.72. The monoisotopic (exact) mass is 419 g/mol. The fraction of sp³-hybridized carbons (Fsp3) is 0.769. The Bertz CT molecular complexity index is 611. The molecule has 0 bridgehead atoms. The topological polar surface area (TPSA) is 179 Å². The zero-order valence-electron chi connectivity index (χ0n) is 14.3. The van der Waals surface area contributed by atoms with Crippen molar-refractivity contribution in [1.82, 2.24) is 4.90 Å². The van der Waals surface area contributed by atoms with E-state index in [9.17, 15) is 22.8 Å². The van der Waals surface area contributed by atoms with Crippen LogP contribution in [0.1, 0.15) is 27.2 Å². The van der Waals surface area contributed by atoms with Gasteiger partial charge in [0.1, 0.15) is 5.60 Å². The number of nitrogens with zero attached hydrogens (tertiary/aromatic N) is 1. The van der Waals surface area contributed by atoms with Crippen LogP contribution in [-0.2, 0) is 23.4 Å². The van der Waals surface area contributed by atoms with E-state index >= 15 is 0 Å². The van der Waals surface area contributed by atoms with Crippen LogP contribution in [0.4, 0.5) is 4.79 Å². The molecule has 1 saturated heterocycles. The Morgan fingerprint density at radius 2 is 1.54 bits per heavy atom. The number of likely N-dealkylation sites (tertiary alicyclic amines) is 1. The number of ether oxygens (including phenoxy) is 1. The molecule has 0 aromatic rings. The summed E-state index contributed by atoms with van der Waals surface area (Å²) in [6.45, 7) is 5.76. The Hall–Kier alpha value is -1.63. The van der Waals surface area contributed by atoms with Gasteiger partial charge in [0.25, 0.3) is 0 Å². The first-order valence-corrected chi connectivity index (χ1v) is 9.66. The second-order valence-electron chi connectivity index (χ2n) is 6.38. The highest BCUT2D eigenvalue weighted by molar-refractivity contribution is 8.14. The van der Waals surface area contributed by atoms with E-state index in [0.29, 0.717) is 13.0 Å². The van der Waals surface area contributed by atoms with E-state index in [-0.39, 0.29) is 6.54 Å². The van der Waals surface area contributed by atoms with Gasteiger partial charge < -0.3 is 30.1 Å². The third kappa shape index (κ3) is 8.65. The third-order valence-electron chi connectivity index (χ3n) is 3.00. The molecule has 4 N–H and O–H groups in total. The Balaban J connectivity index is 0.000000541. The molecule has 1 aliphatic rings. The summed E-state index contributed by atoms with van der Waals surface area (Å²) >= 11 is 0. The first-order chi connectivity index (χ1) is 11.6. The lowest BCUT2D eigenvalue weighted by molar-refractivity contribution is -0.165. The lowest BCUT2D eigenvalue weighted by atomic mass is 10.2. The van der Waals surface area contributed by atoms with Gasteiger partial charge in [-0.15, -0.1) is 0 Å². The average Bonchev–Trinajstić information content (AvgIpc) is 2.94. The molecule has 11 nitrogen and oxygen atoms in total. The van der Waals surface area contributed by atoms with Crippen LogP contribution in [0.25, 0.3) is 0 Å². The highest BCUT2D eigenvalue weighted by Gasteiger charge is 2.35. The minimum atomic E-state index is -3.59. The van der Waals surface area contributed by atoms with Crippen LogP contribution >= 0.6 is 10.7 Å². The van der Waals surface area contributed by atoms with Crippen molar-refractivity contribution in [3.63, 3.8) is 0 Å². The highest BCUT2D eigenvalue weighted by atomic mass is 35.7. The maximum absolute atomic E-state index is 11.6. The van der Waals surface area contributed by atoms with Crippen LogP contribution in [0.2, 0.25) is 0 Å². The predicted molar refractivity (Wildman–Crippen MR) is 88.3 cm³/mol. The molecule has 0 aromatic carbocycles. The molecule has 0 radical (unpaired) electrons. The number of aliphatic carboxylic acids is 2. The molecule has 3 unspecified atom stereocenters. The largest absolute Gasteiger partial charge is 0.479 e. The lowest BCUT2D eigenvalue weighted by Gasteiger charge is -2.24. The van der Waals surface area contributed by atoms with Crippen molar-refractivity contribution in [2.24, 2.45) is 0 Å². The molecule has 1 amide bonds. The number of carboxylic acids is 2. The molecule has 1 aliphatic heterocycles. The molecule has 1 heterocycles. The van der Waals surface area contributed by atoms with Crippen LogP contribution in [0.5, 0.6) is 0 Å². The molecule has 0 aliphatic carbocycles. The van der Waals surface area contributed by atoms with Crippen LogP contribution in [-0.4, -0.2) is 87.9 Å². The molecular weight excluding hydrogens is 398 g/mol. The SMILES string of the molecule is CC(C)(C)OC(=O)N1CCC(S(=O)(=O)Cl)C1.O=C(O)C(O)C(O)C(=O)O. The number of aliphatic hydroxyl groups is 2. The zero-order valence-corrected chi connectivity index (χ0v) is 15.9. The van der Waals surface area contributed by atoms with Gasteiger partial charge in [0.2, 0.25) is 9.05 Å². The fourth-order valence-corrected chi connectivity index (χ4v) is 2.90. The average molecular weight is 420 g/mol. The number of halogens is 1. The number of hydrogen-bond acceptors (Lipinski definition) is 8. The van der Waals surface area contributed by atoms with Gasteiger partial charge in [-0.05, 0) is 27.2 Å². The predicted octanol–water partition coefficient (Wildman–Crippen LogP) is -0.558. The molecule has 1 rings (SSSR count). The van der Waals surface area contributed by atoms with Gasteiger partial charge in [0, 0.05) is 23.8 Å². The van der Waals surface area contributed by atoms with E-state index in [0.717, 1.165) is 0 Å². The summed E-state index contributed by atoms with van der Waals surface area (Å²) in [5.74, 6) is -3.54. The molecule has 1 fully saturated rings. The Morgan fingerprint density at radius 3 is 1.81 bits per heavy atom. The summed E-state index contributed by atoms with van der Waals surface area (Å²) in [4.78, 5) is 32.5. The normalized spacial score (nSPS) is 19.8. The van der Waals surface area contributed by atoms with Gasteiger partial charge >= 0.3 is 18.0 Å². The highest BCUT2D eigenvalue weighted by Crippen LogP contribution is 2.21. The maximum atomic E-state index is 11.6. The lowest BCUT2D eigenvalue weighted by Crippen LogP contribution is -2.39. The van der Waals surface area contributed by atoms with Crippen molar-refractivity contribution in [2.45, 2.75) is 50.3 Å². The standard InChI is InChI=1S/C9H16ClNO4S.C4H6O6/c1-9(2,3)15-8(12)11-5-4-7(6-11)16(10,13)14;5-1(3(7)8)2(6)4(9)10/h7H,4-6H2,1-3H3;1-2,5-6H,(H,7,8)(H,9,10). The molecule has 0 aromatic heterocycles. The molecule has 152 valence electrons. The summed E-state index contributed by atoms with van der Waals surface area (Å²) in [7, 11) is 1.65. The van der Waals surface area contributed by atoms with Crippen LogP contribution < -0.4 is 0 Å². The van der Waals surface area contributed by atoms with Crippen LogP contribution in [0, 0.1) is 0 Å². The molecule has 13 heteroatoms. The zero-order chi connectivity index (χ0) is 20.9. The molecule has 3 atom stereocenters. The second-order valence-corrected chi connectivity index (χ2v) is 9.29. The first-order valence-electron chi connectivity index (χ1n) is 7.29. The quantitative estimate of drug-likeness (QED) is 0.431. The van der Waals surface area contributed by atoms with Gasteiger partial charge in [0.15, 0.2) is 12.2 Å². The van der Waals surface area contributed by atoms with Crippen LogP contribution in [0.15, 0.2) is 0 Å².